The molecule has 1 heterocycles. The van der Waals surface area contributed by atoms with E-state index in [0.29, 0.717) is 0 Å². The molecule has 0 atom stereocenters. The maximum absolute atomic E-state index is 11.8. The SMILES string of the molecule is CCCc1ccc(N2CCN(C)C2=O)cc1. The van der Waals surface area contributed by atoms with E-state index in [1.165, 1.54) is 5.56 Å². The quantitative estimate of drug-likeness (QED) is 0.764. The monoisotopic (exact) mass is 218 g/mol. The van der Waals surface area contributed by atoms with Crippen LogP contribution in [0.4, 0.5) is 10.5 Å². The highest BCUT2D eigenvalue weighted by molar-refractivity contribution is 5.93. The zero-order valence-electron chi connectivity index (χ0n) is 9.94. The zero-order valence-corrected chi connectivity index (χ0v) is 9.94. The van der Waals surface area contributed by atoms with Crippen LogP contribution in [-0.4, -0.2) is 31.1 Å². The fourth-order valence-electron chi connectivity index (χ4n) is 2.02. The Kier molecular flexibility index (Phi) is 3.13. The van der Waals surface area contributed by atoms with Gasteiger partial charge < -0.3 is 4.90 Å². The molecule has 0 bridgehead atoms. The minimum atomic E-state index is 0.100. The third kappa shape index (κ3) is 2.03. The average molecular weight is 218 g/mol. The molecule has 1 aromatic rings. The molecule has 0 N–H and O–H groups in total. The van der Waals surface area contributed by atoms with Crippen molar-refractivity contribution in [2.24, 2.45) is 0 Å². The van der Waals surface area contributed by atoms with Crippen molar-refractivity contribution in [3.05, 3.63) is 29.8 Å². The van der Waals surface area contributed by atoms with Crippen molar-refractivity contribution in [2.45, 2.75) is 19.8 Å². The van der Waals surface area contributed by atoms with Crippen LogP contribution in [0, 0.1) is 0 Å². The summed E-state index contributed by atoms with van der Waals surface area (Å²) in [5.41, 5.74) is 2.35. The third-order valence-corrected chi connectivity index (χ3v) is 3.00. The van der Waals surface area contributed by atoms with Crippen LogP contribution in [0.2, 0.25) is 0 Å². The number of benzene rings is 1. The molecule has 1 aromatic carbocycles. The van der Waals surface area contributed by atoms with Crippen LogP contribution in [0.5, 0.6) is 0 Å². The molecule has 1 aliphatic heterocycles. The topological polar surface area (TPSA) is 23.6 Å². The number of amides is 2. The molecule has 2 amide bonds. The van der Waals surface area contributed by atoms with Gasteiger partial charge in [-0.15, -0.1) is 0 Å². The van der Waals surface area contributed by atoms with Crippen LogP contribution in [0.25, 0.3) is 0 Å². The predicted molar refractivity (Wildman–Crippen MR) is 65.8 cm³/mol. The molecule has 0 aromatic heterocycles. The number of anilines is 1. The highest BCUT2D eigenvalue weighted by Crippen LogP contribution is 2.20. The Balaban J connectivity index is 2.13. The first-order valence-electron chi connectivity index (χ1n) is 5.84. The first-order valence-corrected chi connectivity index (χ1v) is 5.84. The lowest BCUT2D eigenvalue weighted by Gasteiger charge is -2.16. The number of carbonyl (C=O) groups is 1. The van der Waals surface area contributed by atoms with Gasteiger partial charge in [0, 0.05) is 25.8 Å². The fourth-order valence-corrected chi connectivity index (χ4v) is 2.02. The molecule has 86 valence electrons. The number of carbonyl (C=O) groups excluding carboxylic acids is 1. The Labute approximate surface area is 96.7 Å². The Hall–Kier alpha value is -1.51. The van der Waals surface area contributed by atoms with Crippen molar-refractivity contribution in [1.82, 2.24) is 4.90 Å². The number of aryl methyl sites for hydroxylation is 1. The molecule has 0 radical (unpaired) electrons. The van der Waals surface area contributed by atoms with Gasteiger partial charge in [0.25, 0.3) is 0 Å². The minimum absolute atomic E-state index is 0.100. The summed E-state index contributed by atoms with van der Waals surface area (Å²) in [6, 6.07) is 8.42. The molecule has 1 fully saturated rings. The predicted octanol–water partition coefficient (Wildman–Crippen LogP) is 2.51. The molecule has 3 heteroatoms. The van der Waals surface area contributed by atoms with Gasteiger partial charge in [0.15, 0.2) is 0 Å². The number of nitrogens with zero attached hydrogens (tertiary/aromatic N) is 2. The van der Waals surface area contributed by atoms with Gasteiger partial charge in [-0.1, -0.05) is 25.5 Å². The van der Waals surface area contributed by atoms with E-state index < -0.39 is 0 Å². The molecule has 0 unspecified atom stereocenters. The standard InChI is InChI=1S/C13H18N2O/c1-3-4-11-5-7-12(8-6-11)15-10-9-14(2)13(15)16/h5-8H,3-4,9-10H2,1-2H3. The molecule has 0 aliphatic carbocycles. The molecule has 3 nitrogen and oxygen atoms in total. The van der Waals surface area contributed by atoms with Crippen LogP contribution < -0.4 is 4.90 Å². The van der Waals surface area contributed by atoms with Crippen molar-refractivity contribution in [3.63, 3.8) is 0 Å². The fraction of sp³-hybridized carbons (Fsp3) is 0.462. The lowest BCUT2D eigenvalue weighted by Crippen LogP contribution is -2.29. The third-order valence-electron chi connectivity index (χ3n) is 3.00. The highest BCUT2D eigenvalue weighted by atomic mass is 16.2. The lowest BCUT2D eigenvalue weighted by molar-refractivity contribution is 0.229. The summed E-state index contributed by atoms with van der Waals surface area (Å²) < 4.78 is 0. The number of hydrogen-bond donors (Lipinski definition) is 0. The van der Waals surface area contributed by atoms with Crippen LogP contribution in [0.3, 0.4) is 0 Å². The van der Waals surface area contributed by atoms with Gasteiger partial charge in [0.05, 0.1) is 0 Å². The second-order valence-corrected chi connectivity index (χ2v) is 4.27. The molecule has 1 aliphatic rings. The van der Waals surface area contributed by atoms with Crippen LogP contribution >= 0.6 is 0 Å². The summed E-state index contributed by atoms with van der Waals surface area (Å²) in [4.78, 5) is 15.3. The first-order chi connectivity index (χ1) is 7.72. The maximum atomic E-state index is 11.8. The van der Waals surface area contributed by atoms with E-state index >= 15 is 0 Å². The minimum Gasteiger partial charge on any atom is -0.326 e. The van der Waals surface area contributed by atoms with Crippen LogP contribution in [-0.2, 0) is 6.42 Å². The number of likely N-dealkylation sites (N-methyl/N-ethyl adjacent to an activating group) is 1. The van der Waals surface area contributed by atoms with Gasteiger partial charge in [-0.05, 0) is 24.1 Å². The van der Waals surface area contributed by atoms with Crippen molar-refractivity contribution >= 4 is 11.7 Å². The molecule has 1 saturated heterocycles. The van der Waals surface area contributed by atoms with E-state index in [0.717, 1.165) is 31.6 Å². The van der Waals surface area contributed by atoms with E-state index in [2.05, 4.69) is 19.1 Å². The highest BCUT2D eigenvalue weighted by Gasteiger charge is 2.26. The molecular formula is C13H18N2O. The molecule has 2 rings (SSSR count). The summed E-state index contributed by atoms with van der Waals surface area (Å²) in [5.74, 6) is 0. The van der Waals surface area contributed by atoms with E-state index in [9.17, 15) is 4.79 Å². The van der Waals surface area contributed by atoms with Gasteiger partial charge in [0.2, 0.25) is 0 Å². The number of rotatable bonds is 3. The second-order valence-electron chi connectivity index (χ2n) is 4.27. The van der Waals surface area contributed by atoms with Gasteiger partial charge >= 0.3 is 6.03 Å². The Morgan fingerprint density at radius 2 is 1.88 bits per heavy atom. The van der Waals surface area contributed by atoms with Gasteiger partial charge in [-0.3, -0.25) is 4.90 Å². The maximum Gasteiger partial charge on any atom is 0.324 e. The van der Waals surface area contributed by atoms with E-state index in [-0.39, 0.29) is 6.03 Å². The van der Waals surface area contributed by atoms with Gasteiger partial charge in [-0.25, -0.2) is 4.79 Å². The molecular weight excluding hydrogens is 200 g/mol. The normalized spacial score (nSPS) is 16.0. The van der Waals surface area contributed by atoms with Crippen molar-refractivity contribution in [3.8, 4) is 0 Å². The van der Waals surface area contributed by atoms with E-state index in [1.54, 1.807) is 4.90 Å². The zero-order chi connectivity index (χ0) is 11.5. The van der Waals surface area contributed by atoms with Crippen molar-refractivity contribution in [1.29, 1.82) is 0 Å². The molecule has 0 spiro atoms. The van der Waals surface area contributed by atoms with Gasteiger partial charge in [-0.2, -0.15) is 0 Å². The van der Waals surface area contributed by atoms with Crippen LogP contribution in [0.1, 0.15) is 18.9 Å². The number of urea groups is 1. The summed E-state index contributed by atoms with van der Waals surface area (Å²) >= 11 is 0. The van der Waals surface area contributed by atoms with Crippen molar-refractivity contribution < 1.29 is 4.79 Å². The van der Waals surface area contributed by atoms with Crippen molar-refractivity contribution in [2.75, 3.05) is 25.0 Å². The molecule has 0 saturated carbocycles. The smallest absolute Gasteiger partial charge is 0.324 e. The Bertz CT molecular complexity index is 372. The lowest BCUT2D eigenvalue weighted by atomic mass is 10.1. The van der Waals surface area contributed by atoms with Gasteiger partial charge in [0.1, 0.15) is 0 Å². The summed E-state index contributed by atoms with van der Waals surface area (Å²) in [5, 5.41) is 0. The van der Waals surface area contributed by atoms with E-state index in [1.807, 2.05) is 24.1 Å². The van der Waals surface area contributed by atoms with E-state index in [4.69, 9.17) is 0 Å². The first kappa shape index (κ1) is 11.0. The Morgan fingerprint density at radius 1 is 1.19 bits per heavy atom. The van der Waals surface area contributed by atoms with Crippen LogP contribution in [0.15, 0.2) is 24.3 Å². The second kappa shape index (κ2) is 4.56. The summed E-state index contributed by atoms with van der Waals surface area (Å²) in [7, 11) is 1.84. The summed E-state index contributed by atoms with van der Waals surface area (Å²) in [6.45, 7) is 3.78. The Morgan fingerprint density at radius 3 is 2.38 bits per heavy atom. The number of hydrogen-bond acceptors (Lipinski definition) is 1. The average Bonchev–Trinajstić information content (AvgIpc) is 2.62. The largest absolute Gasteiger partial charge is 0.326 e. The summed E-state index contributed by atoms with van der Waals surface area (Å²) in [6.07, 6.45) is 2.26. The molecule has 16 heavy (non-hydrogen) atoms.